The van der Waals surface area contributed by atoms with Crippen LogP contribution in [0.1, 0.15) is 16.1 Å². The molecule has 29 heavy (non-hydrogen) atoms. The van der Waals surface area contributed by atoms with Crippen molar-refractivity contribution in [1.82, 2.24) is 9.55 Å². The minimum atomic E-state index is -0.590. The summed E-state index contributed by atoms with van der Waals surface area (Å²) < 4.78 is 12.3. The van der Waals surface area contributed by atoms with Crippen molar-refractivity contribution < 1.29 is 19.1 Å². The van der Waals surface area contributed by atoms with Crippen LogP contribution in [0.3, 0.4) is 0 Å². The summed E-state index contributed by atoms with van der Waals surface area (Å²) in [6, 6.07) is 15.1. The van der Waals surface area contributed by atoms with Gasteiger partial charge in [-0.05, 0) is 30.5 Å². The molecule has 2 heterocycles. The number of aromatic hydroxyl groups is 1. The van der Waals surface area contributed by atoms with Crippen LogP contribution in [0.15, 0.2) is 75.2 Å². The molecule has 0 saturated carbocycles. The fourth-order valence-electron chi connectivity index (χ4n) is 3.00. The van der Waals surface area contributed by atoms with Gasteiger partial charge in [-0.25, -0.2) is 14.6 Å². The Labute approximate surface area is 169 Å². The molecule has 146 valence electrons. The van der Waals surface area contributed by atoms with Gasteiger partial charge in [0, 0.05) is 28.8 Å². The van der Waals surface area contributed by atoms with Crippen molar-refractivity contribution in [3.05, 3.63) is 82.5 Å². The largest absolute Gasteiger partial charge is 0.508 e. The summed E-state index contributed by atoms with van der Waals surface area (Å²) in [6.45, 7) is -0.125. The molecule has 0 amide bonds. The van der Waals surface area contributed by atoms with E-state index in [-0.39, 0.29) is 23.6 Å². The first-order valence-corrected chi connectivity index (χ1v) is 9.89. The Morgan fingerprint density at radius 2 is 2.00 bits per heavy atom. The summed E-state index contributed by atoms with van der Waals surface area (Å²) in [4.78, 5) is 28.9. The molecule has 0 spiro atoms. The third-order valence-corrected chi connectivity index (χ3v) is 4.96. The molecule has 2 aromatic heterocycles. The molecule has 4 rings (SSSR count). The number of hydrogen-bond donors (Lipinski definition) is 1. The van der Waals surface area contributed by atoms with Gasteiger partial charge in [0.2, 0.25) is 0 Å². The second kappa shape index (κ2) is 7.84. The van der Waals surface area contributed by atoms with Crippen molar-refractivity contribution in [3.8, 4) is 11.4 Å². The first-order chi connectivity index (χ1) is 14.1. The van der Waals surface area contributed by atoms with Crippen molar-refractivity contribution in [2.24, 2.45) is 0 Å². The molecule has 2 aromatic carbocycles. The third kappa shape index (κ3) is 3.74. The monoisotopic (exact) mass is 408 g/mol. The van der Waals surface area contributed by atoms with E-state index < -0.39 is 11.6 Å². The highest BCUT2D eigenvalue weighted by atomic mass is 32.2. The number of benzene rings is 2. The van der Waals surface area contributed by atoms with E-state index in [4.69, 9.17) is 9.15 Å². The number of nitrogens with zero attached hydrogens (tertiary/aromatic N) is 2. The number of hydrogen-bond acceptors (Lipinski definition) is 7. The summed E-state index contributed by atoms with van der Waals surface area (Å²) in [6.07, 6.45) is 3.35. The Morgan fingerprint density at radius 3 is 2.76 bits per heavy atom. The zero-order valence-corrected chi connectivity index (χ0v) is 16.2. The summed E-state index contributed by atoms with van der Waals surface area (Å²) in [7, 11) is 0. The van der Waals surface area contributed by atoms with Gasteiger partial charge in [-0.15, -0.1) is 0 Å². The lowest BCUT2D eigenvalue weighted by atomic mass is 10.1. The number of thioether (sulfide) groups is 1. The van der Waals surface area contributed by atoms with Crippen molar-refractivity contribution in [1.29, 1.82) is 0 Å². The number of imidazole rings is 1. The SMILES string of the molecule is CSc1ncc(C(=O)OCc2cc(=O)oc3cc(O)ccc23)n1-c1ccccc1. The van der Waals surface area contributed by atoms with Crippen molar-refractivity contribution >= 4 is 28.7 Å². The molecular weight excluding hydrogens is 392 g/mol. The molecule has 0 saturated heterocycles. The van der Waals surface area contributed by atoms with Gasteiger partial charge in [0.15, 0.2) is 10.9 Å². The normalized spacial score (nSPS) is 10.9. The van der Waals surface area contributed by atoms with E-state index >= 15 is 0 Å². The van der Waals surface area contributed by atoms with E-state index in [2.05, 4.69) is 4.98 Å². The third-order valence-electron chi connectivity index (χ3n) is 4.31. The summed E-state index contributed by atoms with van der Waals surface area (Å²) in [5.41, 5.74) is 1.20. The lowest BCUT2D eigenvalue weighted by Crippen LogP contribution is -2.12. The fourth-order valence-corrected chi connectivity index (χ4v) is 3.55. The molecule has 1 N–H and O–H groups in total. The summed E-state index contributed by atoms with van der Waals surface area (Å²) in [5, 5.41) is 10.8. The second-order valence-electron chi connectivity index (χ2n) is 6.15. The highest BCUT2D eigenvalue weighted by Crippen LogP contribution is 2.24. The number of fused-ring (bicyclic) bond motifs is 1. The molecule has 0 unspecified atom stereocenters. The number of rotatable bonds is 5. The van der Waals surface area contributed by atoms with Gasteiger partial charge in [-0.1, -0.05) is 30.0 Å². The van der Waals surface area contributed by atoms with Crippen LogP contribution < -0.4 is 5.63 Å². The standard InChI is InChI=1S/C21H16N2O5S/c1-29-21-22-11-17(23(21)14-5-3-2-4-6-14)20(26)27-12-13-9-19(25)28-18-10-15(24)7-8-16(13)18/h2-11,24H,12H2,1H3. The van der Waals surface area contributed by atoms with E-state index in [0.29, 0.717) is 16.1 Å². The first-order valence-electron chi connectivity index (χ1n) is 8.67. The topological polar surface area (TPSA) is 94.6 Å². The number of carbonyl (C=O) groups is 1. The van der Waals surface area contributed by atoms with E-state index in [1.165, 1.54) is 36.2 Å². The van der Waals surface area contributed by atoms with E-state index in [1.807, 2.05) is 36.6 Å². The van der Waals surface area contributed by atoms with Crippen LogP contribution in [0.4, 0.5) is 0 Å². The van der Waals surface area contributed by atoms with Crippen molar-refractivity contribution in [2.45, 2.75) is 11.8 Å². The molecule has 7 nitrogen and oxygen atoms in total. The number of carbonyl (C=O) groups excluding carboxylic acids is 1. The Hall–Kier alpha value is -3.52. The number of para-hydroxylation sites is 1. The average Bonchev–Trinajstić information content (AvgIpc) is 3.16. The Bertz CT molecular complexity index is 1250. The van der Waals surface area contributed by atoms with E-state index in [1.54, 1.807) is 10.6 Å². The van der Waals surface area contributed by atoms with Crippen molar-refractivity contribution in [2.75, 3.05) is 6.26 Å². The zero-order chi connectivity index (χ0) is 20.4. The maximum absolute atomic E-state index is 12.8. The summed E-state index contributed by atoms with van der Waals surface area (Å²) in [5.74, 6) is -0.590. The van der Waals surface area contributed by atoms with Gasteiger partial charge < -0.3 is 14.3 Å². The number of ether oxygens (including phenoxy) is 1. The van der Waals surface area contributed by atoms with Crippen LogP contribution in [0, 0.1) is 0 Å². The van der Waals surface area contributed by atoms with Crippen LogP contribution in [-0.4, -0.2) is 26.9 Å². The lowest BCUT2D eigenvalue weighted by Gasteiger charge is -2.11. The predicted octanol–water partition coefficient (Wildman–Crippen LogP) is 3.76. The molecule has 4 aromatic rings. The smallest absolute Gasteiger partial charge is 0.357 e. The van der Waals surface area contributed by atoms with Crippen LogP contribution in [-0.2, 0) is 11.3 Å². The molecule has 0 aliphatic rings. The Balaban J connectivity index is 1.65. The number of phenolic OH excluding ortho intramolecular Hbond substituents is 1. The minimum Gasteiger partial charge on any atom is -0.508 e. The predicted molar refractivity (Wildman–Crippen MR) is 109 cm³/mol. The van der Waals surface area contributed by atoms with Crippen LogP contribution in [0.25, 0.3) is 16.7 Å². The molecule has 0 atom stereocenters. The summed E-state index contributed by atoms with van der Waals surface area (Å²) >= 11 is 1.41. The Kier molecular flexibility index (Phi) is 5.09. The van der Waals surface area contributed by atoms with E-state index in [9.17, 15) is 14.7 Å². The highest BCUT2D eigenvalue weighted by molar-refractivity contribution is 7.98. The quantitative estimate of drug-likeness (QED) is 0.305. The lowest BCUT2D eigenvalue weighted by molar-refractivity contribution is 0.0463. The first kappa shape index (κ1) is 18.8. The number of esters is 1. The molecule has 0 fully saturated rings. The van der Waals surface area contributed by atoms with Gasteiger partial charge in [0.05, 0.1) is 6.20 Å². The molecule has 0 aliphatic heterocycles. The minimum absolute atomic E-state index is 0.0221. The van der Waals surface area contributed by atoms with Gasteiger partial charge >= 0.3 is 11.6 Å². The van der Waals surface area contributed by atoms with Crippen LogP contribution in [0.5, 0.6) is 5.75 Å². The molecule has 8 heteroatoms. The van der Waals surface area contributed by atoms with Gasteiger partial charge in [0.1, 0.15) is 17.9 Å². The zero-order valence-electron chi connectivity index (χ0n) is 15.4. The number of aromatic nitrogens is 2. The fraction of sp³-hybridized carbons (Fsp3) is 0.0952. The maximum Gasteiger partial charge on any atom is 0.357 e. The average molecular weight is 408 g/mol. The second-order valence-corrected chi connectivity index (χ2v) is 6.92. The Morgan fingerprint density at radius 1 is 1.21 bits per heavy atom. The molecule has 0 bridgehead atoms. The molecule has 0 aliphatic carbocycles. The molecular formula is C21H16N2O5S. The highest BCUT2D eigenvalue weighted by Gasteiger charge is 2.19. The maximum atomic E-state index is 12.8. The van der Waals surface area contributed by atoms with Gasteiger partial charge in [-0.3, -0.25) is 4.57 Å². The molecule has 0 radical (unpaired) electrons. The van der Waals surface area contributed by atoms with E-state index in [0.717, 1.165) is 5.69 Å². The van der Waals surface area contributed by atoms with Gasteiger partial charge in [0.25, 0.3) is 0 Å². The van der Waals surface area contributed by atoms with Crippen LogP contribution in [0.2, 0.25) is 0 Å². The van der Waals surface area contributed by atoms with Crippen LogP contribution >= 0.6 is 11.8 Å². The van der Waals surface area contributed by atoms with Crippen molar-refractivity contribution in [3.63, 3.8) is 0 Å². The van der Waals surface area contributed by atoms with Gasteiger partial charge in [-0.2, -0.15) is 0 Å². The number of phenols is 1.